The largest absolute Gasteiger partial charge is 0.260 e. The van der Waals surface area contributed by atoms with Crippen LogP contribution >= 0.6 is 0 Å². The van der Waals surface area contributed by atoms with Crippen LogP contribution in [0.2, 0.25) is 0 Å². The van der Waals surface area contributed by atoms with Gasteiger partial charge in [-0.25, -0.2) is 12.8 Å². The topological polar surface area (TPSA) is 50.3 Å². The number of nitrogens with zero attached hydrogens (tertiary/aromatic N) is 2. The fourth-order valence-corrected chi connectivity index (χ4v) is 3.82. The van der Waals surface area contributed by atoms with Gasteiger partial charge in [0.05, 0.1) is 17.1 Å². The summed E-state index contributed by atoms with van der Waals surface area (Å²) in [6.45, 7) is 0.241. The first kappa shape index (κ1) is 14.2. The average Bonchev–Trinajstić information content (AvgIpc) is 3.31. The summed E-state index contributed by atoms with van der Waals surface area (Å²) in [7, 11) is -3.63. The molecule has 2 aromatic rings. The van der Waals surface area contributed by atoms with E-state index in [2.05, 4.69) is 4.98 Å². The van der Waals surface area contributed by atoms with Gasteiger partial charge in [-0.2, -0.15) is 4.31 Å². The third-order valence-corrected chi connectivity index (χ3v) is 5.33. The third-order valence-electron chi connectivity index (χ3n) is 3.42. The van der Waals surface area contributed by atoms with Crippen LogP contribution in [0.15, 0.2) is 53.6 Å². The van der Waals surface area contributed by atoms with Crippen molar-refractivity contribution in [2.45, 2.75) is 30.3 Å². The smallest absolute Gasteiger partial charge is 0.243 e. The van der Waals surface area contributed by atoms with Gasteiger partial charge in [-0.15, -0.1) is 0 Å². The maximum atomic E-state index is 13.0. The van der Waals surface area contributed by atoms with Gasteiger partial charge in [-0.05, 0) is 49.2 Å². The molecule has 0 saturated heterocycles. The van der Waals surface area contributed by atoms with Crippen molar-refractivity contribution < 1.29 is 12.8 Å². The number of aromatic nitrogens is 1. The molecular formula is C15H15FN2O2S. The predicted molar refractivity (Wildman–Crippen MR) is 76.4 cm³/mol. The number of rotatable bonds is 5. The number of pyridine rings is 1. The molecule has 0 atom stereocenters. The summed E-state index contributed by atoms with van der Waals surface area (Å²) in [6, 6.07) is 10.4. The molecule has 0 N–H and O–H groups in total. The fourth-order valence-electron chi connectivity index (χ4n) is 2.17. The summed E-state index contributed by atoms with van der Waals surface area (Å²) in [5.74, 6) is -0.448. The van der Waals surface area contributed by atoms with E-state index in [-0.39, 0.29) is 17.5 Å². The summed E-state index contributed by atoms with van der Waals surface area (Å²) in [5.41, 5.74) is 0.704. The van der Waals surface area contributed by atoms with Crippen molar-refractivity contribution in [2.75, 3.05) is 0 Å². The molecule has 1 aromatic carbocycles. The van der Waals surface area contributed by atoms with E-state index in [0.717, 1.165) is 12.8 Å². The molecule has 21 heavy (non-hydrogen) atoms. The fraction of sp³-hybridized carbons (Fsp3) is 0.267. The highest BCUT2D eigenvalue weighted by Crippen LogP contribution is 2.33. The van der Waals surface area contributed by atoms with Crippen molar-refractivity contribution in [1.29, 1.82) is 0 Å². The summed E-state index contributed by atoms with van der Waals surface area (Å²) in [6.07, 6.45) is 3.35. The standard InChI is InChI=1S/C15H15FN2O2S/c16-12-4-8-15(9-5-12)21(19,20)18(14-6-7-14)11-13-3-1-2-10-17-13/h1-5,8-10,14H,6-7,11H2. The molecular weight excluding hydrogens is 291 g/mol. The van der Waals surface area contributed by atoms with Crippen LogP contribution in [-0.4, -0.2) is 23.7 Å². The first-order chi connectivity index (χ1) is 10.1. The molecule has 3 rings (SSSR count). The molecule has 4 nitrogen and oxygen atoms in total. The second-order valence-electron chi connectivity index (χ2n) is 5.06. The van der Waals surface area contributed by atoms with Crippen molar-refractivity contribution in [3.05, 3.63) is 60.2 Å². The summed E-state index contributed by atoms with van der Waals surface area (Å²) in [4.78, 5) is 4.30. The van der Waals surface area contributed by atoms with Gasteiger partial charge >= 0.3 is 0 Å². The normalized spacial score (nSPS) is 15.3. The van der Waals surface area contributed by atoms with Gasteiger partial charge in [0.25, 0.3) is 0 Å². The summed E-state index contributed by atoms with van der Waals surface area (Å²) in [5, 5.41) is 0. The van der Waals surface area contributed by atoms with Crippen molar-refractivity contribution in [3.63, 3.8) is 0 Å². The molecule has 1 aromatic heterocycles. The molecule has 0 unspecified atom stereocenters. The molecule has 0 spiro atoms. The highest BCUT2D eigenvalue weighted by molar-refractivity contribution is 7.89. The van der Waals surface area contributed by atoms with E-state index in [9.17, 15) is 12.8 Å². The lowest BCUT2D eigenvalue weighted by atomic mass is 10.3. The Bertz CT molecular complexity index is 713. The van der Waals surface area contributed by atoms with Crippen LogP contribution in [0.1, 0.15) is 18.5 Å². The quantitative estimate of drug-likeness (QED) is 0.853. The first-order valence-electron chi connectivity index (χ1n) is 6.75. The second kappa shape index (κ2) is 5.54. The van der Waals surface area contributed by atoms with E-state index in [4.69, 9.17) is 0 Å². The molecule has 0 aliphatic heterocycles. The highest BCUT2D eigenvalue weighted by Gasteiger charge is 2.38. The van der Waals surface area contributed by atoms with Gasteiger partial charge < -0.3 is 0 Å². The van der Waals surface area contributed by atoms with Gasteiger partial charge in [0, 0.05) is 12.2 Å². The molecule has 0 bridgehead atoms. The maximum absolute atomic E-state index is 13.0. The Morgan fingerprint density at radius 1 is 1.14 bits per heavy atom. The number of halogens is 1. The third kappa shape index (κ3) is 3.11. The Morgan fingerprint density at radius 2 is 1.86 bits per heavy atom. The zero-order chi connectivity index (χ0) is 14.9. The van der Waals surface area contributed by atoms with Crippen molar-refractivity contribution in [3.8, 4) is 0 Å². The predicted octanol–water partition coefficient (Wildman–Crippen LogP) is 2.57. The summed E-state index contributed by atoms with van der Waals surface area (Å²) < 4.78 is 39.8. The molecule has 1 saturated carbocycles. The van der Waals surface area contributed by atoms with Crippen LogP contribution < -0.4 is 0 Å². The van der Waals surface area contributed by atoms with Crippen LogP contribution in [0.5, 0.6) is 0 Å². The van der Waals surface area contributed by atoms with Gasteiger partial charge in [0.2, 0.25) is 10.0 Å². The van der Waals surface area contributed by atoms with E-state index in [1.54, 1.807) is 18.3 Å². The number of hydrogen-bond acceptors (Lipinski definition) is 3. The molecule has 0 amide bonds. The highest BCUT2D eigenvalue weighted by atomic mass is 32.2. The Kier molecular flexibility index (Phi) is 3.73. The molecule has 1 aliphatic carbocycles. The van der Waals surface area contributed by atoms with Crippen LogP contribution in [0, 0.1) is 5.82 Å². The minimum absolute atomic E-state index is 0.0158. The molecule has 0 radical (unpaired) electrons. The Hall–Kier alpha value is -1.79. The van der Waals surface area contributed by atoms with E-state index < -0.39 is 15.8 Å². The minimum Gasteiger partial charge on any atom is -0.260 e. The van der Waals surface area contributed by atoms with Crippen LogP contribution in [-0.2, 0) is 16.6 Å². The summed E-state index contributed by atoms with van der Waals surface area (Å²) >= 11 is 0. The SMILES string of the molecule is O=S(=O)(c1ccc(F)cc1)N(Cc1ccccn1)C1CC1. The van der Waals surface area contributed by atoms with Crippen molar-refractivity contribution in [1.82, 2.24) is 9.29 Å². The van der Waals surface area contributed by atoms with Gasteiger partial charge in [0.15, 0.2) is 0 Å². The Labute approximate surface area is 123 Å². The van der Waals surface area contributed by atoms with Crippen LogP contribution in [0.25, 0.3) is 0 Å². The molecule has 1 aliphatic rings. The number of sulfonamides is 1. The Morgan fingerprint density at radius 3 is 2.43 bits per heavy atom. The van der Waals surface area contributed by atoms with E-state index in [0.29, 0.717) is 5.69 Å². The van der Waals surface area contributed by atoms with Gasteiger partial charge in [-0.3, -0.25) is 4.98 Å². The lowest BCUT2D eigenvalue weighted by Gasteiger charge is -2.21. The minimum atomic E-state index is -3.63. The van der Waals surface area contributed by atoms with E-state index in [1.165, 1.54) is 28.6 Å². The van der Waals surface area contributed by atoms with Crippen molar-refractivity contribution in [2.24, 2.45) is 0 Å². The average molecular weight is 306 g/mol. The zero-order valence-electron chi connectivity index (χ0n) is 11.3. The van der Waals surface area contributed by atoms with Crippen molar-refractivity contribution >= 4 is 10.0 Å². The van der Waals surface area contributed by atoms with E-state index >= 15 is 0 Å². The lowest BCUT2D eigenvalue weighted by Crippen LogP contribution is -2.33. The Balaban J connectivity index is 1.91. The molecule has 1 fully saturated rings. The second-order valence-corrected chi connectivity index (χ2v) is 6.95. The zero-order valence-corrected chi connectivity index (χ0v) is 12.1. The van der Waals surface area contributed by atoms with Gasteiger partial charge in [0.1, 0.15) is 5.82 Å². The van der Waals surface area contributed by atoms with Crippen LogP contribution in [0.4, 0.5) is 4.39 Å². The van der Waals surface area contributed by atoms with Gasteiger partial charge in [-0.1, -0.05) is 6.07 Å². The monoisotopic (exact) mass is 306 g/mol. The molecule has 6 heteroatoms. The van der Waals surface area contributed by atoms with E-state index in [1.807, 2.05) is 6.07 Å². The molecule has 1 heterocycles. The maximum Gasteiger partial charge on any atom is 0.243 e. The van der Waals surface area contributed by atoms with Crippen LogP contribution in [0.3, 0.4) is 0 Å². The molecule has 110 valence electrons. The first-order valence-corrected chi connectivity index (χ1v) is 8.19. The lowest BCUT2D eigenvalue weighted by molar-refractivity contribution is 0.394. The number of hydrogen-bond donors (Lipinski definition) is 0. The number of benzene rings is 1.